The fourth-order valence-corrected chi connectivity index (χ4v) is 12.2. The second kappa shape index (κ2) is 87.1. The van der Waals surface area contributed by atoms with Crippen LogP contribution in [-0.4, -0.2) is 35.3 Å². The van der Waals surface area contributed by atoms with E-state index in [1.54, 1.807) is 0 Å². The first-order valence-electron chi connectivity index (χ1n) is 38.9. The predicted octanol–water partition coefficient (Wildman–Crippen LogP) is 24.0. The lowest BCUT2D eigenvalue weighted by Crippen LogP contribution is -2.21. The quantitative estimate of drug-likeness (QED) is 0.0442. The van der Waals surface area contributed by atoms with E-state index in [4.69, 9.17) is 0 Å². The highest BCUT2D eigenvalue weighted by Gasteiger charge is 2.01. The summed E-state index contributed by atoms with van der Waals surface area (Å²) < 4.78 is 0. The van der Waals surface area contributed by atoms with Crippen LogP contribution < -0.4 is 15.3 Å². The second-order valence-corrected chi connectivity index (χ2v) is 26.7. The standard InChI is InChI=1S/3C26H52O2.Al/c3*1-2-3-4-5-6-7-8-9-10-11-12-13-14-15-16-17-18-19-20-21-22-23-24-25-26(27)28;/h3*2-25H2,1H3,(H,27,28);/p-3. The maximum absolute atomic E-state index is 10.3. The van der Waals surface area contributed by atoms with Gasteiger partial charge < -0.3 is 29.7 Å². The molecule has 0 saturated carbocycles. The van der Waals surface area contributed by atoms with Gasteiger partial charge in [0.25, 0.3) is 0 Å². The molecule has 0 unspecified atom stereocenters. The first-order valence-corrected chi connectivity index (χ1v) is 38.9. The summed E-state index contributed by atoms with van der Waals surface area (Å²) >= 11 is 0. The van der Waals surface area contributed by atoms with Crippen molar-refractivity contribution in [1.29, 1.82) is 0 Å². The van der Waals surface area contributed by atoms with Crippen LogP contribution in [0.25, 0.3) is 0 Å². The number of hydrogen-bond donors (Lipinski definition) is 0. The van der Waals surface area contributed by atoms with Crippen molar-refractivity contribution in [2.45, 2.75) is 483 Å². The Morgan fingerprint density at radius 2 is 0.224 bits per heavy atom. The third-order valence-electron chi connectivity index (χ3n) is 18.0. The second-order valence-electron chi connectivity index (χ2n) is 26.7. The predicted molar refractivity (Wildman–Crippen MR) is 370 cm³/mol. The summed E-state index contributed by atoms with van der Waals surface area (Å²) in [5.74, 6) is -2.70. The van der Waals surface area contributed by atoms with Crippen molar-refractivity contribution < 1.29 is 29.7 Å². The Balaban J connectivity index is -0.000000576. The van der Waals surface area contributed by atoms with Crippen LogP contribution in [0.3, 0.4) is 0 Å². The fraction of sp³-hybridized carbons (Fsp3) is 0.962. The molecular weight excluding hydrogens is 1060 g/mol. The van der Waals surface area contributed by atoms with Gasteiger partial charge in [0, 0.05) is 35.3 Å². The van der Waals surface area contributed by atoms with E-state index in [2.05, 4.69) is 20.8 Å². The molecule has 0 aromatic heterocycles. The SMILES string of the molecule is CCCCCCCCCCCCCCCCCCCCCCCCCC(=O)[O-].CCCCCCCCCCCCCCCCCCCCCCCCCC(=O)[O-].CCCCCCCCCCCCCCCCCCCCCCCCCC(=O)[O-].[Al]. The molecule has 6 nitrogen and oxygen atoms in total. The number of carbonyl (C=O) groups is 3. The number of aliphatic carboxylic acids is 3. The van der Waals surface area contributed by atoms with Crippen molar-refractivity contribution >= 4 is 35.3 Å². The minimum atomic E-state index is -0.900. The van der Waals surface area contributed by atoms with Gasteiger partial charge in [-0.05, 0) is 38.5 Å². The lowest BCUT2D eigenvalue weighted by molar-refractivity contribution is -0.307. The zero-order valence-corrected chi connectivity index (χ0v) is 59.6. The van der Waals surface area contributed by atoms with Gasteiger partial charge in [0.2, 0.25) is 0 Å². The van der Waals surface area contributed by atoms with Crippen LogP contribution in [0.15, 0.2) is 0 Å². The molecule has 85 heavy (non-hydrogen) atoms. The van der Waals surface area contributed by atoms with Gasteiger partial charge >= 0.3 is 0 Å². The van der Waals surface area contributed by atoms with Gasteiger partial charge in [-0.15, -0.1) is 0 Å². The van der Waals surface area contributed by atoms with E-state index >= 15 is 0 Å². The first kappa shape index (κ1) is 90.4. The Kier molecular flexibility index (Phi) is 92.6. The van der Waals surface area contributed by atoms with Crippen molar-refractivity contribution in [2.24, 2.45) is 0 Å². The number of hydrogen-bond acceptors (Lipinski definition) is 6. The molecule has 0 aromatic rings. The van der Waals surface area contributed by atoms with Gasteiger partial charge in [-0.3, -0.25) is 0 Å². The maximum atomic E-state index is 10.3. The summed E-state index contributed by atoms with van der Waals surface area (Å²) in [6.07, 6.45) is 95.0. The molecule has 0 N–H and O–H groups in total. The Morgan fingerprint density at radius 3 is 0.294 bits per heavy atom. The fourth-order valence-electron chi connectivity index (χ4n) is 12.2. The van der Waals surface area contributed by atoms with E-state index in [9.17, 15) is 29.7 Å². The average molecular weight is 1210 g/mol. The van der Waals surface area contributed by atoms with Gasteiger partial charge in [-0.25, -0.2) is 0 Å². The topological polar surface area (TPSA) is 120 Å². The molecule has 0 spiro atoms. The number of carboxylic acid groups (broad SMARTS) is 3. The Bertz CT molecular complexity index is 1050. The van der Waals surface area contributed by atoms with Crippen molar-refractivity contribution in [2.75, 3.05) is 0 Å². The molecule has 507 valence electrons. The van der Waals surface area contributed by atoms with E-state index in [1.807, 2.05) is 0 Å². The Morgan fingerprint density at radius 1 is 0.153 bits per heavy atom. The number of carbonyl (C=O) groups excluding carboxylic acids is 3. The van der Waals surface area contributed by atoms with Gasteiger partial charge in [-0.1, -0.05) is 445 Å². The van der Waals surface area contributed by atoms with E-state index in [0.717, 1.165) is 38.5 Å². The van der Waals surface area contributed by atoms with Gasteiger partial charge in [0.1, 0.15) is 0 Å². The molecule has 0 aliphatic rings. The molecule has 0 aliphatic carbocycles. The van der Waals surface area contributed by atoms with E-state index < -0.39 is 17.9 Å². The van der Waals surface area contributed by atoms with Crippen LogP contribution in [0, 0.1) is 0 Å². The van der Waals surface area contributed by atoms with Crippen molar-refractivity contribution in [1.82, 2.24) is 0 Å². The zero-order chi connectivity index (χ0) is 61.6. The number of rotatable bonds is 72. The summed E-state index contributed by atoms with van der Waals surface area (Å²) in [6, 6.07) is 0. The molecule has 3 radical (unpaired) electrons. The van der Waals surface area contributed by atoms with Crippen LogP contribution in [-0.2, 0) is 14.4 Å². The van der Waals surface area contributed by atoms with Crippen LogP contribution in [0.1, 0.15) is 483 Å². The summed E-state index contributed by atoms with van der Waals surface area (Å²) in [5.41, 5.74) is 0. The third-order valence-corrected chi connectivity index (χ3v) is 18.0. The van der Waals surface area contributed by atoms with Crippen molar-refractivity contribution in [3.63, 3.8) is 0 Å². The normalized spacial score (nSPS) is 11.0. The Labute approximate surface area is 545 Å². The summed E-state index contributed by atoms with van der Waals surface area (Å²) in [5, 5.41) is 30.9. The lowest BCUT2D eigenvalue weighted by atomic mass is 10.0. The Hall–Kier alpha value is -1.06. The van der Waals surface area contributed by atoms with Crippen molar-refractivity contribution in [3.8, 4) is 0 Å². The monoisotopic (exact) mass is 1210 g/mol. The molecule has 0 saturated heterocycles. The highest BCUT2D eigenvalue weighted by Crippen LogP contribution is 2.20. The van der Waals surface area contributed by atoms with E-state index in [-0.39, 0.29) is 36.6 Å². The molecule has 0 atom stereocenters. The van der Waals surface area contributed by atoms with Crippen LogP contribution in [0.4, 0.5) is 0 Å². The molecular formula is C78H153AlO6-3. The molecule has 0 fully saturated rings. The highest BCUT2D eigenvalue weighted by atomic mass is 27.0. The molecule has 0 heterocycles. The zero-order valence-electron chi connectivity index (χ0n) is 58.4. The molecule has 7 heteroatoms. The number of carboxylic acids is 3. The van der Waals surface area contributed by atoms with Gasteiger partial charge in [-0.2, -0.15) is 0 Å². The first-order chi connectivity index (χ1) is 41.3. The van der Waals surface area contributed by atoms with E-state index in [0.29, 0.717) is 0 Å². The third kappa shape index (κ3) is 99.4. The average Bonchev–Trinajstić information content (AvgIpc) is 3.47. The molecule has 0 amide bonds. The largest absolute Gasteiger partial charge is 0.550 e. The maximum Gasteiger partial charge on any atom is 0.0414 e. The summed E-state index contributed by atoms with van der Waals surface area (Å²) in [6.45, 7) is 6.87. The molecule has 0 aromatic carbocycles. The molecule has 0 rings (SSSR count). The van der Waals surface area contributed by atoms with Crippen LogP contribution in [0.2, 0.25) is 0 Å². The van der Waals surface area contributed by atoms with Crippen LogP contribution >= 0.6 is 0 Å². The lowest BCUT2D eigenvalue weighted by Gasteiger charge is -2.04. The number of unbranched alkanes of at least 4 members (excludes halogenated alkanes) is 66. The van der Waals surface area contributed by atoms with Gasteiger partial charge in [0.05, 0.1) is 0 Å². The van der Waals surface area contributed by atoms with Crippen molar-refractivity contribution in [3.05, 3.63) is 0 Å². The summed E-state index contributed by atoms with van der Waals surface area (Å²) in [7, 11) is 0. The highest BCUT2D eigenvalue weighted by molar-refractivity contribution is 5.75. The smallest absolute Gasteiger partial charge is 0.0414 e. The van der Waals surface area contributed by atoms with E-state index in [1.165, 1.54) is 405 Å². The summed E-state index contributed by atoms with van der Waals surface area (Å²) in [4.78, 5) is 30.9. The minimum Gasteiger partial charge on any atom is -0.550 e. The molecule has 0 bridgehead atoms. The van der Waals surface area contributed by atoms with Gasteiger partial charge in [0.15, 0.2) is 0 Å². The van der Waals surface area contributed by atoms with Crippen LogP contribution in [0.5, 0.6) is 0 Å². The molecule has 0 aliphatic heterocycles. The minimum absolute atomic E-state index is 0.